The van der Waals surface area contributed by atoms with Crippen molar-refractivity contribution in [2.75, 3.05) is 5.32 Å². The number of hydrogen-bond acceptors (Lipinski definition) is 5. The van der Waals surface area contributed by atoms with Gasteiger partial charge in [0.1, 0.15) is 12.4 Å². The summed E-state index contributed by atoms with van der Waals surface area (Å²) in [6.07, 6.45) is 1.58. The zero-order chi connectivity index (χ0) is 16.8. The third-order valence-electron chi connectivity index (χ3n) is 3.20. The van der Waals surface area contributed by atoms with Crippen LogP contribution in [-0.4, -0.2) is 9.97 Å². The fourth-order valence-electron chi connectivity index (χ4n) is 1.98. The highest BCUT2D eigenvalue weighted by Gasteiger charge is 2.02. The fraction of sp³-hybridized carbons (Fsp3) is 0.0556. The van der Waals surface area contributed by atoms with Gasteiger partial charge in [-0.3, -0.25) is 0 Å². The van der Waals surface area contributed by atoms with Crippen LogP contribution in [0.15, 0.2) is 60.8 Å². The van der Waals surface area contributed by atoms with Crippen molar-refractivity contribution in [3.05, 3.63) is 77.7 Å². The highest BCUT2D eigenvalue weighted by Crippen LogP contribution is 2.16. The van der Waals surface area contributed by atoms with Gasteiger partial charge in [-0.25, -0.2) is 9.37 Å². The molecule has 0 fully saturated rings. The van der Waals surface area contributed by atoms with Gasteiger partial charge in [-0.15, -0.1) is 0 Å². The van der Waals surface area contributed by atoms with Crippen LogP contribution in [-0.2, 0) is 6.61 Å². The van der Waals surface area contributed by atoms with Gasteiger partial charge in [0.2, 0.25) is 11.8 Å². The molecular formula is C18H13FN4O. The van der Waals surface area contributed by atoms with E-state index in [4.69, 9.17) is 10.00 Å². The van der Waals surface area contributed by atoms with Gasteiger partial charge in [0, 0.05) is 18.0 Å². The smallest absolute Gasteiger partial charge is 0.230 e. The molecule has 1 N–H and O–H groups in total. The molecular weight excluding hydrogens is 307 g/mol. The summed E-state index contributed by atoms with van der Waals surface area (Å²) in [6.45, 7) is 0.285. The maximum atomic E-state index is 12.9. The van der Waals surface area contributed by atoms with E-state index in [0.29, 0.717) is 17.4 Å². The zero-order valence-electron chi connectivity index (χ0n) is 12.6. The molecule has 0 aliphatic heterocycles. The van der Waals surface area contributed by atoms with Crippen LogP contribution < -0.4 is 10.1 Å². The molecule has 0 unspecified atom stereocenters. The normalized spacial score (nSPS) is 10.0. The van der Waals surface area contributed by atoms with Gasteiger partial charge in [-0.05, 0) is 42.0 Å². The van der Waals surface area contributed by atoms with Crippen molar-refractivity contribution in [1.29, 1.82) is 5.26 Å². The van der Waals surface area contributed by atoms with Crippen molar-refractivity contribution in [3.63, 3.8) is 0 Å². The molecule has 6 heteroatoms. The molecule has 2 aromatic carbocycles. The molecule has 0 atom stereocenters. The lowest BCUT2D eigenvalue weighted by molar-refractivity contribution is 0.293. The number of nitrogens with zero attached hydrogens (tertiary/aromatic N) is 3. The van der Waals surface area contributed by atoms with Crippen molar-refractivity contribution in [3.8, 4) is 11.9 Å². The summed E-state index contributed by atoms with van der Waals surface area (Å²) in [5.74, 6) is 0.511. The van der Waals surface area contributed by atoms with Gasteiger partial charge >= 0.3 is 0 Å². The Balaban J connectivity index is 1.65. The second kappa shape index (κ2) is 7.20. The van der Waals surface area contributed by atoms with Crippen molar-refractivity contribution in [2.24, 2.45) is 0 Å². The van der Waals surface area contributed by atoms with Gasteiger partial charge in [-0.2, -0.15) is 10.2 Å². The number of ether oxygens (including phenoxy) is 1. The highest BCUT2D eigenvalue weighted by atomic mass is 19.1. The standard InChI is InChI=1S/C18H13FN4O/c19-15-5-1-14(2-6-15)12-24-17-9-10-21-18(23-17)22-16-7-3-13(11-20)4-8-16/h1-10H,12H2,(H,21,22,23). The van der Waals surface area contributed by atoms with E-state index in [0.717, 1.165) is 11.3 Å². The summed E-state index contributed by atoms with van der Waals surface area (Å²) in [4.78, 5) is 8.39. The number of nitrogens with one attached hydrogen (secondary N) is 1. The number of halogens is 1. The molecule has 0 saturated heterocycles. The lowest BCUT2D eigenvalue weighted by atomic mass is 10.2. The van der Waals surface area contributed by atoms with E-state index < -0.39 is 0 Å². The molecule has 0 amide bonds. The van der Waals surface area contributed by atoms with E-state index in [1.54, 1.807) is 48.7 Å². The van der Waals surface area contributed by atoms with E-state index in [1.165, 1.54) is 12.1 Å². The topological polar surface area (TPSA) is 70.8 Å². The first-order valence-corrected chi connectivity index (χ1v) is 7.20. The number of benzene rings is 2. The molecule has 5 nitrogen and oxygen atoms in total. The first-order valence-electron chi connectivity index (χ1n) is 7.20. The van der Waals surface area contributed by atoms with Gasteiger partial charge < -0.3 is 10.1 Å². The summed E-state index contributed by atoms with van der Waals surface area (Å²) in [6, 6.07) is 16.8. The Bertz CT molecular complexity index is 857. The largest absolute Gasteiger partial charge is 0.473 e. The van der Waals surface area contributed by atoms with E-state index in [9.17, 15) is 4.39 Å². The van der Waals surface area contributed by atoms with Crippen LogP contribution in [0.3, 0.4) is 0 Å². The molecule has 3 aromatic rings. The minimum atomic E-state index is -0.283. The Labute approximate surface area is 138 Å². The zero-order valence-corrected chi connectivity index (χ0v) is 12.6. The molecule has 0 spiro atoms. The van der Waals surface area contributed by atoms with E-state index in [2.05, 4.69) is 21.4 Å². The van der Waals surface area contributed by atoms with Crippen molar-refractivity contribution >= 4 is 11.6 Å². The maximum absolute atomic E-state index is 12.9. The minimum Gasteiger partial charge on any atom is -0.473 e. The Hall–Kier alpha value is -3.46. The molecule has 0 bridgehead atoms. The molecule has 3 rings (SSSR count). The summed E-state index contributed by atoms with van der Waals surface area (Å²) < 4.78 is 18.5. The molecule has 0 aliphatic rings. The van der Waals surface area contributed by atoms with Crippen LogP contribution in [0.5, 0.6) is 5.88 Å². The van der Waals surface area contributed by atoms with Crippen LogP contribution >= 0.6 is 0 Å². The monoisotopic (exact) mass is 320 g/mol. The van der Waals surface area contributed by atoms with Gasteiger partial charge in [0.15, 0.2) is 0 Å². The maximum Gasteiger partial charge on any atom is 0.230 e. The van der Waals surface area contributed by atoms with Crippen LogP contribution in [0.1, 0.15) is 11.1 Å². The average molecular weight is 320 g/mol. The first-order chi connectivity index (χ1) is 11.7. The predicted molar refractivity (Wildman–Crippen MR) is 87.2 cm³/mol. The number of rotatable bonds is 5. The van der Waals surface area contributed by atoms with Gasteiger partial charge in [0.05, 0.1) is 11.6 Å². The summed E-state index contributed by atoms with van der Waals surface area (Å²) in [7, 11) is 0. The second-order valence-corrected chi connectivity index (χ2v) is 4.95. The Kier molecular flexibility index (Phi) is 4.63. The van der Waals surface area contributed by atoms with Crippen LogP contribution in [0, 0.1) is 17.1 Å². The summed E-state index contributed by atoms with van der Waals surface area (Å²) in [5.41, 5.74) is 2.19. The van der Waals surface area contributed by atoms with E-state index in [-0.39, 0.29) is 12.4 Å². The molecule has 1 aromatic heterocycles. The van der Waals surface area contributed by atoms with Crippen molar-refractivity contribution in [1.82, 2.24) is 9.97 Å². The predicted octanol–water partition coefficient (Wildman–Crippen LogP) is 3.81. The van der Waals surface area contributed by atoms with Crippen molar-refractivity contribution < 1.29 is 9.13 Å². The first kappa shape index (κ1) is 15.4. The molecule has 24 heavy (non-hydrogen) atoms. The van der Waals surface area contributed by atoms with Crippen LogP contribution in [0.25, 0.3) is 0 Å². The SMILES string of the molecule is N#Cc1ccc(Nc2nccc(OCc3ccc(F)cc3)n2)cc1. The van der Waals surface area contributed by atoms with Gasteiger partial charge in [0.25, 0.3) is 0 Å². The molecule has 0 aliphatic carbocycles. The third kappa shape index (κ3) is 4.05. The lowest BCUT2D eigenvalue weighted by Crippen LogP contribution is -2.01. The Morgan fingerprint density at radius 1 is 1.04 bits per heavy atom. The minimum absolute atomic E-state index is 0.283. The highest BCUT2D eigenvalue weighted by molar-refractivity contribution is 5.54. The van der Waals surface area contributed by atoms with Crippen LogP contribution in [0.4, 0.5) is 16.0 Å². The molecule has 0 radical (unpaired) electrons. The fourth-order valence-corrected chi connectivity index (χ4v) is 1.98. The molecule has 1 heterocycles. The summed E-state index contributed by atoms with van der Waals surface area (Å²) in [5, 5.41) is 11.8. The Morgan fingerprint density at radius 2 is 1.79 bits per heavy atom. The van der Waals surface area contributed by atoms with E-state index in [1.807, 2.05) is 0 Å². The quantitative estimate of drug-likeness (QED) is 0.774. The molecule has 0 saturated carbocycles. The van der Waals surface area contributed by atoms with Gasteiger partial charge in [-0.1, -0.05) is 12.1 Å². The Morgan fingerprint density at radius 3 is 2.50 bits per heavy atom. The second-order valence-electron chi connectivity index (χ2n) is 4.95. The van der Waals surface area contributed by atoms with Crippen molar-refractivity contribution in [2.45, 2.75) is 6.61 Å². The number of aromatic nitrogens is 2. The average Bonchev–Trinajstić information content (AvgIpc) is 2.62. The van der Waals surface area contributed by atoms with E-state index >= 15 is 0 Å². The number of nitriles is 1. The lowest BCUT2D eigenvalue weighted by Gasteiger charge is -2.08. The third-order valence-corrected chi connectivity index (χ3v) is 3.20. The number of hydrogen-bond donors (Lipinski definition) is 1. The van der Waals surface area contributed by atoms with Crippen LogP contribution in [0.2, 0.25) is 0 Å². The molecule has 118 valence electrons. The number of anilines is 2. The summed E-state index contributed by atoms with van der Waals surface area (Å²) >= 11 is 0.